The summed E-state index contributed by atoms with van der Waals surface area (Å²) >= 11 is 7.06. The van der Waals surface area contributed by atoms with Gasteiger partial charge in [-0.05, 0) is 89.2 Å². The highest BCUT2D eigenvalue weighted by molar-refractivity contribution is 9.10. The van der Waals surface area contributed by atoms with E-state index in [1.54, 1.807) is 5.01 Å². The topological polar surface area (TPSA) is 41.9 Å². The second kappa shape index (κ2) is 10.9. The van der Waals surface area contributed by atoms with E-state index in [2.05, 4.69) is 68.3 Å². The molecule has 1 amide bonds. The quantitative estimate of drug-likeness (QED) is 0.222. The van der Waals surface area contributed by atoms with Crippen molar-refractivity contribution in [1.29, 1.82) is 0 Å². The highest BCUT2D eigenvalue weighted by Gasteiger charge is 2.43. The highest BCUT2D eigenvalue weighted by Crippen LogP contribution is 2.44. The molecular formula is C32H26Br2N2O2. The molecule has 190 valence electrons. The summed E-state index contributed by atoms with van der Waals surface area (Å²) in [6.45, 7) is -0.0688. The van der Waals surface area contributed by atoms with E-state index in [0.29, 0.717) is 5.75 Å². The number of benzene rings is 4. The van der Waals surface area contributed by atoms with Crippen LogP contribution in [0.1, 0.15) is 36.4 Å². The molecule has 0 spiro atoms. The van der Waals surface area contributed by atoms with Crippen LogP contribution < -0.4 is 4.74 Å². The normalized spacial score (nSPS) is 19.9. The van der Waals surface area contributed by atoms with Crippen LogP contribution >= 0.6 is 31.9 Å². The third-order valence-corrected chi connectivity index (χ3v) is 8.32. The summed E-state index contributed by atoms with van der Waals surface area (Å²) in [4.78, 5) is 13.6. The third-order valence-electron chi connectivity index (χ3n) is 7.26. The minimum atomic E-state index is -0.153. The lowest BCUT2D eigenvalue weighted by Crippen LogP contribution is -2.34. The van der Waals surface area contributed by atoms with Gasteiger partial charge in [-0.25, -0.2) is 5.01 Å². The Morgan fingerprint density at radius 1 is 0.921 bits per heavy atom. The van der Waals surface area contributed by atoms with Gasteiger partial charge in [0.05, 0.1) is 11.8 Å². The van der Waals surface area contributed by atoms with Crippen molar-refractivity contribution in [3.8, 4) is 5.75 Å². The molecule has 2 aliphatic rings. The number of carbonyl (C=O) groups is 1. The number of hydrogen-bond acceptors (Lipinski definition) is 3. The summed E-state index contributed by atoms with van der Waals surface area (Å²) in [7, 11) is 0. The number of hydrazone groups is 1. The van der Waals surface area contributed by atoms with Crippen LogP contribution in [-0.4, -0.2) is 23.2 Å². The predicted octanol–water partition coefficient (Wildman–Crippen LogP) is 8.57. The van der Waals surface area contributed by atoms with E-state index >= 15 is 0 Å². The summed E-state index contributed by atoms with van der Waals surface area (Å²) in [6.07, 6.45) is 5.23. The summed E-state index contributed by atoms with van der Waals surface area (Å²) in [5.41, 5.74) is 4.44. The Hall–Kier alpha value is -3.22. The van der Waals surface area contributed by atoms with Gasteiger partial charge in [-0.3, -0.25) is 4.79 Å². The van der Waals surface area contributed by atoms with Gasteiger partial charge in [0.2, 0.25) is 0 Å². The Bertz CT molecular complexity index is 1540. The van der Waals surface area contributed by atoms with Crippen LogP contribution in [0.2, 0.25) is 0 Å². The van der Waals surface area contributed by atoms with Crippen molar-refractivity contribution in [1.82, 2.24) is 5.01 Å². The van der Waals surface area contributed by atoms with E-state index in [1.165, 1.54) is 5.57 Å². The Morgan fingerprint density at radius 3 is 2.39 bits per heavy atom. The van der Waals surface area contributed by atoms with E-state index in [-0.39, 0.29) is 24.5 Å². The number of amides is 1. The average Bonchev–Trinajstić information content (AvgIpc) is 3.34. The second-order valence-electron chi connectivity index (χ2n) is 9.74. The van der Waals surface area contributed by atoms with Crippen LogP contribution in [0, 0.1) is 5.92 Å². The fourth-order valence-electron chi connectivity index (χ4n) is 5.43. The van der Waals surface area contributed by atoms with E-state index in [4.69, 9.17) is 9.84 Å². The maximum Gasteiger partial charge on any atom is 0.281 e. The monoisotopic (exact) mass is 628 g/mol. The van der Waals surface area contributed by atoms with Gasteiger partial charge >= 0.3 is 0 Å². The van der Waals surface area contributed by atoms with Gasteiger partial charge in [-0.15, -0.1) is 0 Å². The first kappa shape index (κ1) is 25.1. The van der Waals surface area contributed by atoms with Crippen LogP contribution in [0.4, 0.5) is 0 Å². The first-order chi connectivity index (χ1) is 18.5. The Morgan fingerprint density at radius 2 is 1.63 bits per heavy atom. The van der Waals surface area contributed by atoms with Crippen LogP contribution in [0.3, 0.4) is 0 Å². The summed E-state index contributed by atoms with van der Waals surface area (Å²) < 4.78 is 8.06. The summed E-state index contributed by atoms with van der Waals surface area (Å²) in [6, 6.07) is 30.4. The molecule has 1 aliphatic carbocycles. The molecule has 0 bridgehead atoms. The molecule has 0 saturated heterocycles. The zero-order valence-electron chi connectivity index (χ0n) is 20.7. The van der Waals surface area contributed by atoms with E-state index in [0.717, 1.165) is 55.8 Å². The predicted molar refractivity (Wildman–Crippen MR) is 160 cm³/mol. The first-order valence-electron chi connectivity index (χ1n) is 12.8. The molecule has 2 unspecified atom stereocenters. The maximum atomic E-state index is 13.6. The van der Waals surface area contributed by atoms with E-state index < -0.39 is 0 Å². The fraction of sp³-hybridized carbons (Fsp3) is 0.188. The van der Waals surface area contributed by atoms with Crippen LogP contribution in [0.5, 0.6) is 5.75 Å². The van der Waals surface area contributed by atoms with Crippen molar-refractivity contribution in [2.45, 2.75) is 25.3 Å². The Labute approximate surface area is 239 Å². The molecule has 2 atom stereocenters. The largest absolute Gasteiger partial charge is 0.484 e. The number of halogens is 2. The van der Waals surface area contributed by atoms with Crippen LogP contribution in [0.15, 0.2) is 111 Å². The number of carbonyl (C=O) groups excluding carboxylic acids is 1. The first-order valence-corrected chi connectivity index (χ1v) is 14.4. The van der Waals surface area contributed by atoms with Crippen molar-refractivity contribution >= 4 is 60.3 Å². The van der Waals surface area contributed by atoms with Crippen LogP contribution in [0.25, 0.3) is 16.8 Å². The highest BCUT2D eigenvalue weighted by atomic mass is 79.9. The third kappa shape index (κ3) is 5.20. The molecular weight excluding hydrogens is 604 g/mol. The molecule has 4 aromatic carbocycles. The van der Waals surface area contributed by atoms with Gasteiger partial charge in [-0.1, -0.05) is 86.5 Å². The number of allylic oxidation sites excluding steroid dienone is 1. The lowest BCUT2D eigenvalue weighted by atomic mass is 9.77. The lowest BCUT2D eigenvalue weighted by molar-refractivity contribution is -0.135. The summed E-state index contributed by atoms with van der Waals surface area (Å²) in [5, 5.41) is 8.87. The van der Waals surface area contributed by atoms with Crippen molar-refractivity contribution in [3.63, 3.8) is 0 Å². The molecule has 1 fully saturated rings. The molecule has 4 aromatic rings. The minimum absolute atomic E-state index is 0.0688. The molecule has 1 aliphatic heterocycles. The second-order valence-corrected chi connectivity index (χ2v) is 11.6. The standard InChI is InChI=1S/C32H26Br2N2O2/c33-26-13-8-21(9-14-26)18-25-6-3-7-29-31(25)35-36(32(29)23-10-15-27(34)16-11-23)30(37)20-38-28-17-12-22-4-1-2-5-24(22)19-28/h1-2,4-5,8-19,29,32H,3,6-7,20H2/b25-18+. The average molecular weight is 630 g/mol. The van der Waals surface area contributed by atoms with E-state index in [9.17, 15) is 4.79 Å². The molecule has 4 nitrogen and oxygen atoms in total. The summed E-state index contributed by atoms with van der Waals surface area (Å²) in [5.74, 6) is 0.685. The molecule has 0 N–H and O–H groups in total. The van der Waals surface area contributed by atoms with Crippen molar-refractivity contribution in [2.75, 3.05) is 6.61 Å². The molecule has 0 radical (unpaired) electrons. The Balaban J connectivity index is 1.30. The number of nitrogens with zero attached hydrogens (tertiary/aromatic N) is 2. The van der Waals surface area contributed by atoms with Crippen molar-refractivity contribution in [3.05, 3.63) is 117 Å². The Kier molecular flexibility index (Phi) is 7.18. The fourth-order valence-corrected chi connectivity index (χ4v) is 5.96. The molecule has 0 aromatic heterocycles. The smallest absolute Gasteiger partial charge is 0.281 e. The van der Waals surface area contributed by atoms with Crippen molar-refractivity contribution in [2.24, 2.45) is 11.0 Å². The van der Waals surface area contributed by atoms with Gasteiger partial charge in [0.1, 0.15) is 5.75 Å². The lowest BCUT2D eigenvalue weighted by Gasteiger charge is -2.29. The molecule has 38 heavy (non-hydrogen) atoms. The number of ether oxygens (including phenoxy) is 1. The maximum absolute atomic E-state index is 13.6. The number of hydrogen-bond donors (Lipinski definition) is 0. The molecule has 1 heterocycles. The molecule has 6 heteroatoms. The number of fused-ring (bicyclic) bond motifs is 2. The van der Waals surface area contributed by atoms with Gasteiger partial charge in [-0.2, -0.15) is 5.10 Å². The van der Waals surface area contributed by atoms with Gasteiger partial charge in [0, 0.05) is 14.9 Å². The van der Waals surface area contributed by atoms with E-state index in [1.807, 2.05) is 60.7 Å². The molecule has 6 rings (SSSR count). The zero-order valence-corrected chi connectivity index (χ0v) is 23.9. The van der Waals surface area contributed by atoms with Gasteiger partial charge < -0.3 is 4.74 Å². The minimum Gasteiger partial charge on any atom is -0.484 e. The zero-order chi connectivity index (χ0) is 26.1. The molecule has 1 saturated carbocycles. The van der Waals surface area contributed by atoms with Crippen molar-refractivity contribution < 1.29 is 9.53 Å². The SMILES string of the molecule is O=C(COc1ccc2ccccc2c1)N1N=C2/C(=C/c3ccc(Br)cc3)CCCC2C1c1ccc(Br)cc1. The number of rotatable bonds is 5. The van der Waals surface area contributed by atoms with Gasteiger partial charge in [0.15, 0.2) is 6.61 Å². The van der Waals surface area contributed by atoms with Crippen LogP contribution in [-0.2, 0) is 4.79 Å². The van der Waals surface area contributed by atoms with Gasteiger partial charge in [0.25, 0.3) is 5.91 Å².